The van der Waals surface area contributed by atoms with Crippen LogP contribution in [0.25, 0.3) is 0 Å². The Bertz CT molecular complexity index is 527. The predicted molar refractivity (Wildman–Crippen MR) is 73.3 cm³/mol. The monoisotopic (exact) mass is 272 g/mol. The van der Waals surface area contributed by atoms with E-state index in [1.165, 1.54) is 7.11 Å². The van der Waals surface area contributed by atoms with Gasteiger partial charge in [-0.15, -0.1) is 0 Å². The Morgan fingerprint density at radius 2 is 1.37 bits per heavy atom. The third-order valence-electron chi connectivity index (χ3n) is 3.00. The molecule has 0 saturated heterocycles. The maximum atomic E-state index is 12.2. The molecule has 96 valence electrons. The second-order valence-corrected chi connectivity index (χ2v) is 4.88. The summed E-state index contributed by atoms with van der Waals surface area (Å²) in [5, 5.41) is -1.31. The van der Waals surface area contributed by atoms with Gasteiger partial charge in [-0.25, -0.2) is 4.79 Å². The summed E-state index contributed by atoms with van der Waals surface area (Å²) in [5.41, 5.74) is 1.29. The second-order valence-electron chi connectivity index (χ2n) is 4.03. The van der Waals surface area contributed by atoms with Crippen LogP contribution in [0.5, 0.6) is 0 Å². The summed E-state index contributed by atoms with van der Waals surface area (Å²) in [7, 11) is 0.984. The molecule has 0 amide bonds. The molecule has 3 nitrogen and oxygen atoms in total. The van der Waals surface area contributed by atoms with Gasteiger partial charge in [0, 0.05) is 0 Å². The average Bonchev–Trinajstić information content (AvgIpc) is 2.50. The maximum absolute atomic E-state index is 12.2. The number of methoxy groups -OCH3 is 1. The SMILES string of the molecule is COC(=O)C(P=O)(c1ccccc1)c1ccccc1. The van der Waals surface area contributed by atoms with E-state index in [-0.39, 0.29) is 8.46 Å². The molecule has 2 aromatic carbocycles. The van der Waals surface area contributed by atoms with Gasteiger partial charge in [0.2, 0.25) is 0 Å². The van der Waals surface area contributed by atoms with Crippen LogP contribution in [0.15, 0.2) is 60.7 Å². The average molecular weight is 272 g/mol. The fraction of sp³-hybridized carbons (Fsp3) is 0.133. The molecule has 0 atom stereocenters. The molecular formula is C15H13O3P. The molecule has 2 rings (SSSR count). The molecule has 0 aliphatic rings. The highest BCUT2D eigenvalue weighted by atomic mass is 31.1. The Morgan fingerprint density at radius 3 is 1.68 bits per heavy atom. The summed E-state index contributed by atoms with van der Waals surface area (Å²) in [4.78, 5) is 12.2. The van der Waals surface area contributed by atoms with E-state index >= 15 is 0 Å². The van der Waals surface area contributed by atoms with Gasteiger partial charge in [0.25, 0.3) is 0 Å². The van der Waals surface area contributed by atoms with Crippen molar-refractivity contribution in [2.75, 3.05) is 7.11 Å². The zero-order chi connectivity index (χ0) is 13.7. The summed E-state index contributed by atoms with van der Waals surface area (Å²) >= 11 is 0. The van der Waals surface area contributed by atoms with Crippen molar-refractivity contribution < 1.29 is 14.1 Å². The minimum absolute atomic E-state index is 0.316. The zero-order valence-corrected chi connectivity index (χ0v) is 11.3. The minimum Gasteiger partial charge on any atom is -0.468 e. The highest BCUT2D eigenvalue weighted by molar-refractivity contribution is 7.27. The quantitative estimate of drug-likeness (QED) is 0.633. The number of esters is 1. The smallest absolute Gasteiger partial charge is 0.332 e. The molecule has 0 unspecified atom stereocenters. The number of carbonyl (C=O) groups is 1. The van der Waals surface area contributed by atoms with Gasteiger partial charge in [0.15, 0.2) is 13.6 Å². The molecular weight excluding hydrogens is 259 g/mol. The largest absolute Gasteiger partial charge is 0.468 e. The number of benzene rings is 2. The molecule has 0 spiro atoms. The van der Waals surface area contributed by atoms with Crippen LogP contribution in [0.1, 0.15) is 11.1 Å². The molecule has 19 heavy (non-hydrogen) atoms. The normalized spacial score (nSPS) is 11.2. The summed E-state index contributed by atoms with van der Waals surface area (Å²) in [6.45, 7) is 0. The van der Waals surface area contributed by atoms with Crippen LogP contribution in [-0.4, -0.2) is 13.1 Å². The van der Waals surface area contributed by atoms with E-state index < -0.39 is 11.1 Å². The Balaban J connectivity index is 2.69. The van der Waals surface area contributed by atoms with Crippen molar-refractivity contribution in [3.8, 4) is 0 Å². The maximum Gasteiger partial charge on any atom is 0.332 e. The van der Waals surface area contributed by atoms with Crippen molar-refractivity contribution in [3.05, 3.63) is 71.8 Å². The van der Waals surface area contributed by atoms with E-state index in [1.54, 1.807) is 48.5 Å². The molecule has 0 heterocycles. The lowest BCUT2D eigenvalue weighted by molar-refractivity contribution is -0.142. The number of hydrogen-bond acceptors (Lipinski definition) is 3. The molecule has 0 radical (unpaired) electrons. The number of carbonyl (C=O) groups excluding carboxylic acids is 1. The first kappa shape index (κ1) is 13.4. The first-order chi connectivity index (χ1) is 9.25. The van der Waals surface area contributed by atoms with Gasteiger partial charge >= 0.3 is 5.97 Å². The first-order valence-corrected chi connectivity index (χ1v) is 6.61. The van der Waals surface area contributed by atoms with Crippen LogP contribution in [0.3, 0.4) is 0 Å². The number of ether oxygens (including phenoxy) is 1. The molecule has 0 aromatic heterocycles. The van der Waals surface area contributed by atoms with Gasteiger partial charge in [-0.2, -0.15) is 0 Å². The van der Waals surface area contributed by atoms with E-state index in [0.29, 0.717) is 11.1 Å². The van der Waals surface area contributed by atoms with Gasteiger partial charge < -0.3 is 4.74 Å². The Hall–Kier alpha value is -1.99. The van der Waals surface area contributed by atoms with Crippen LogP contribution in [0.4, 0.5) is 0 Å². The third-order valence-corrected chi connectivity index (χ3v) is 3.97. The van der Waals surface area contributed by atoms with Crippen molar-refractivity contribution in [1.82, 2.24) is 0 Å². The molecule has 0 saturated carbocycles. The van der Waals surface area contributed by atoms with Crippen molar-refractivity contribution >= 4 is 14.4 Å². The fourth-order valence-electron chi connectivity index (χ4n) is 2.05. The van der Waals surface area contributed by atoms with E-state index in [0.717, 1.165) is 0 Å². The van der Waals surface area contributed by atoms with Crippen LogP contribution >= 0.6 is 8.46 Å². The lowest BCUT2D eigenvalue weighted by atomic mass is 9.90. The van der Waals surface area contributed by atoms with Crippen LogP contribution in [-0.2, 0) is 19.3 Å². The molecule has 0 N–H and O–H groups in total. The predicted octanol–water partition coefficient (Wildman–Crippen LogP) is 3.39. The summed E-state index contributed by atoms with van der Waals surface area (Å²) in [5.74, 6) is -0.540. The van der Waals surface area contributed by atoms with Gasteiger partial charge in [-0.1, -0.05) is 60.7 Å². The van der Waals surface area contributed by atoms with E-state index in [2.05, 4.69) is 0 Å². The lowest BCUT2D eigenvalue weighted by Crippen LogP contribution is -2.32. The van der Waals surface area contributed by atoms with Crippen LogP contribution < -0.4 is 0 Å². The standard InChI is InChI=1S/C15H13O3P/c1-18-14(16)15(19-17,12-8-4-2-5-9-12)13-10-6-3-7-11-13/h2-11H,1H3. The van der Waals surface area contributed by atoms with Crippen molar-refractivity contribution in [2.24, 2.45) is 0 Å². The topological polar surface area (TPSA) is 43.4 Å². The molecule has 0 fully saturated rings. The third kappa shape index (κ3) is 2.29. The lowest BCUT2D eigenvalue weighted by Gasteiger charge is -2.24. The number of hydrogen-bond donors (Lipinski definition) is 0. The fourth-order valence-corrected chi connectivity index (χ4v) is 2.73. The van der Waals surface area contributed by atoms with Gasteiger partial charge in [-0.3, -0.25) is 4.57 Å². The van der Waals surface area contributed by atoms with Crippen LogP contribution in [0.2, 0.25) is 0 Å². The van der Waals surface area contributed by atoms with Crippen molar-refractivity contribution in [1.29, 1.82) is 0 Å². The summed E-state index contributed by atoms with van der Waals surface area (Å²) < 4.78 is 16.7. The van der Waals surface area contributed by atoms with Crippen molar-refractivity contribution in [3.63, 3.8) is 0 Å². The van der Waals surface area contributed by atoms with Gasteiger partial charge in [0.1, 0.15) is 0 Å². The Morgan fingerprint density at radius 1 is 0.947 bits per heavy atom. The minimum atomic E-state index is -1.31. The van der Waals surface area contributed by atoms with Gasteiger partial charge in [-0.05, 0) is 11.1 Å². The Labute approximate surface area is 113 Å². The van der Waals surface area contributed by atoms with Gasteiger partial charge in [0.05, 0.1) is 7.11 Å². The molecule has 2 aromatic rings. The van der Waals surface area contributed by atoms with E-state index in [4.69, 9.17) is 4.74 Å². The van der Waals surface area contributed by atoms with Crippen molar-refractivity contribution in [2.45, 2.75) is 5.16 Å². The summed E-state index contributed by atoms with van der Waals surface area (Å²) in [6.07, 6.45) is 0. The zero-order valence-electron chi connectivity index (χ0n) is 10.4. The second kappa shape index (κ2) is 5.77. The number of rotatable bonds is 4. The Kier molecular flexibility index (Phi) is 4.08. The van der Waals surface area contributed by atoms with Crippen LogP contribution in [0, 0.1) is 0 Å². The van der Waals surface area contributed by atoms with E-state index in [1.807, 2.05) is 12.1 Å². The molecule has 0 bridgehead atoms. The first-order valence-electron chi connectivity index (χ1n) is 5.79. The summed E-state index contributed by atoms with van der Waals surface area (Å²) in [6, 6.07) is 18.0. The molecule has 4 heteroatoms. The molecule has 0 aliphatic carbocycles. The van der Waals surface area contributed by atoms with E-state index in [9.17, 15) is 9.36 Å². The highest BCUT2D eigenvalue weighted by Crippen LogP contribution is 2.42. The highest BCUT2D eigenvalue weighted by Gasteiger charge is 2.44. The molecule has 0 aliphatic heterocycles.